The highest BCUT2D eigenvalue weighted by molar-refractivity contribution is 9.10. The van der Waals surface area contributed by atoms with Crippen molar-refractivity contribution in [2.24, 2.45) is 0 Å². The standard InChI is InChI=1S/C19H19BrN2O6/c1-27-16(10-11-17(24)22-26)18(12-2-8-15(23)9-3-12)28-19(25)21-14-6-4-13(20)5-7-14/h2-11,16,18,23,26H,1H3,(H,21,25)(H,22,24)/b11-10+/t16-,18-/m1/s1. The van der Waals surface area contributed by atoms with Gasteiger partial charge < -0.3 is 14.6 Å². The third-order valence-corrected chi connectivity index (χ3v) is 4.19. The van der Waals surface area contributed by atoms with E-state index in [4.69, 9.17) is 14.7 Å². The first kappa shape index (κ1) is 21.4. The number of halogens is 1. The number of phenolic OH excluding ortho intramolecular Hbond substituents is 1. The van der Waals surface area contributed by atoms with Crippen molar-refractivity contribution < 1.29 is 29.4 Å². The van der Waals surface area contributed by atoms with Gasteiger partial charge in [-0.3, -0.25) is 15.3 Å². The minimum atomic E-state index is -0.927. The molecule has 2 atom stereocenters. The summed E-state index contributed by atoms with van der Waals surface area (Å²) in [6, 6.07) is 12.9. The van der Waals surface area contributed by atoms with Crippen molar-refractivity contribution in [2.75, 3.05) is 12.4 Å². The number of nitrogens with one attached hydrogen (secondary N) is 2. The summed E-state index contributed by atoms with van der Waals surface area (Å²) in [5.41, 5.74) is 2.53. The highest BCUT2D eigenvalue weighted by atomic mass is 79.9. The van der Waals surface area contributed by atoms with E-state index in [0.29, 0.717) is 11.3 Å². The third kappa shape index (κ3) is 6.38. The minimum Gasteiger partial charge on any atom is -0.508 e. The quantitative estimate of drug-likeness (QED) is 0.291. The van der Waals surface area contributed by atoms with Crippen molar-refractivity contribution in [2.45, 2.75) is 12.2 Å². The fraction of sp³-hybridized carbons (Fsp3) is 0.158. The molecule has 0 radical (unpaired) electrons. The molecule has 4 N–H and O–H groups in total. The Morgan fingerprint density at radius 2 is 1.75 bits per heavy atom. The van der Waals surface area contributed by atoms with Crippen LogP contribution in [0.5, 0.6) is 5.75 Å². The smallest absolute Gasteiger partial charge is 0.412 e. The normalized spacial score (nSPS) is 13.0. The number of anilines is 1. The van der Waals surface area contributed by atoms with E-state index in [-0.39, 0.29) is 5.75 Å². The summed E-state index contributed by atoms with van der Waals surface area (Å²) in [7, 11) is 1.38. The number of aromatic hydroxyl groups is 1. The maximum absolute atomic E-state index is 12.4. The summed E-state index contributed by atoms with van der Waals surface area (Å²) < 4.78 is 11.7. The summed E-state index contributed by atoms with van der Waals surface area (Å²) in [4.78, 5) is 23.6. The van der Waals surface area contributed by atoms with Crippen LogP contribution < -0.4 is 10.8 Å². The van der Waals surface area contributed by atoms with E-state index in [1.165, 1.54) is 30.8 Å². The zero-order valence-corrected chi connectivity index (χ0v) is 16.4. The molecule has 0 saturated carbocycles. The molecule has 148 valence electrons. The Labute approximate surface area is 169 Å². The van der Waals surface area contributed by atoms with Crippen molar-refractivity contribution in [1.29, 1.82) is 0 Å². The van der Waals surface area contributed by atoms with Crippen molar-refractivity contribution in [3.8, 4) is 5.75 Å². The largest absolute Gasteiger partial charge is 0.508 e. The maximum Gasteiger partial charge on any atom is 0.412 e. The zero-order valence-electron chi connectivity index (χ0n) is 14.8. The Bertz CT molecular complexity index is 823. The molecule has 2 amide bonds. The van der Waals surface area contributed by atoms with E-state index in [1.54, 1.807) is 36.4 Å². The second-order valence-corrected chi connectivity index (χ2v) is 6.50. The topological polar surface area (TPSA) is 117 Å². The molecule has 0 fully saturated rings. The predicted molar refractivity (Wildman–Crippen MR) is 105 cm³/mol. The molecule has 0 spiro atoms. The van der Waals surface area contributed by atoms with E-state index in [0.717, 1.165) is 10.5 Å². The van der Waals surface area contributed by atoms with Crippen LogP contribution in [0.3, 0.4) is 0 Å². The SMILES string of the molecule is CO[C@H](/C=C/C(=O)NO)[C@H](OC(=O)Nc1ccc(Br)cc1)c1ccc(O)cc1. The van der Waals surface area contributed by atoms with E-state index in [9.17, 15) is 14.7 Å². The highest BCUT2D eigenvalue weighted by Gasteiger charge is 2.26. The van der Waals surface area contributed by atoms with Crippen LogP contribution >= 0.6 is 15.9 Å². The van der Waals surface area contributed by atoms with E-state index in [1.807, 2.05) is 0 Å². The molecular weight excluding hydrogens is 432 g/mol. The van der Waals surface area contributed by atoms with Crippen LogP contribution in [0.15, 0.2) is 65.2 Å². The molecule has 0 aliphatic carbocycles. The van der Waals surface area contributed by atoms with E-state index >= 15 is 0 Å². The number of hydroxylamine groups is 1. The van der Waals surface area contributed by atoms with Gasteiger partial charge in [-0.05, 0) is 48.0 Å². The number of amides is 2. The third-order valence-electron chi connectivity index (χ3n) is 3.66. The average molecular weight is 451 g/mol. The summed E-state index contributed by atoms with van der Waals surface area (Å²) >= 11 is 3.31. The lowest BCUT2D eigenvalue weighted by Crippen LogP contribution is -2.27. The molecule has 2 aromatic rings. The van der Waals surface area contributed by atoms with Crippen LogP contribution in [0, 0.1) is 0 Å². The summed E-state index contributed by atoms with van der Waals surface area (Å²) in [6.45, 7) is 0. The maximum atomic E-state index is 12.4. The van der Waals surface area contributed by atoms with Crippen molar-refractivity contribution in [1.82, 2.24) is 5.48 Å². The Balaban J connectivity index is 2.22. The molecule has 0 bridgehead atoms. The summed E-state index contributed by atoms with van der Waals surface area (Å²) in [5.74, 6) is -0.711. The van der Waals surface area contributed by atoms with Crippen LogP contribution in [0.4, 0.5) is 10.5 Å². The second kappa shape index (κ2) is 10.5. The van der Waals surface area contributed by atoms with Crippen molar-refractivity contribution >= 4 is 33.6 Å². The van der Waals surface area contributed by atoms with Gasteiger partial charge in [-0.25, -0.2) is 10.3 Å². The molecule has 2 aromatic carbocycles. The molecule has 8 nitrogen and oxygen atoms in total. The van der Waals surface area contributed by atoms with Crippen LogP contribution in [0.25, 0.3) is 0 Å². The molecule has 0 saturated heterocycles. The van der Waals surface area contributed by atoms with Gasteiger partial charge >= 0.3 is 6.09 Å². The number of methoxy groups -OCH3 is 1. The summed E-state index contributed by atoms with van der Waals surface area (Å²) in [6.07, 6.45) is -0.100. The first-order valence-electron chi connectivity index (χ1n) is 8.10. The zero-order chi connectivity index (χ0) is 20.5. The van der Waals surface area contributed by atoms with E-state index in [2.05, 4.69) is 21.2 Å². The van der Waals surface area contributed by atoms with Gasteiger partial charge in [-0.2, -0.15) is 0 Å². The molecule has 0 aromatic heterocycles. The van der Waals surface area contributed by atoms with Crippen LogP contribution in [0.1, 0.15) is 11.7 Å². The predicted octanol–water partition coefficient (Wildman–Crippen LogP) is 3.52. The van der Waals surface area contributed by atoms with Gasteiger partial charge in [-0.15, -0.1) is 0 Å². The van der Waals surface area contributed by atoms with Crippen molar-refractivity contribution in [3.05, 3.63) is 70.7 Å². The number of benzene rings is 2. The molecule has 0 heterocycles. The average Bonchev–Trinajstić information content (AvgIpc) is 2.69. The van der Waals surface area contributed by atoms with Gasteiger partial charge in [0.05, 0.1) is 0 Å². The molecular formula is C19H19BrN2O6. The lowest BCUT2D eigenvalue weighted by Gasteiger charge is -2.24. The number of phenols is 1. The van der Waals surface area contributed by atoms with Gasteiger partial charge in [0.15, 0.2) is 6.10 Å². The monoisotopic (exact) mass is 450 g/mol. The number of hydrogen-bond acceptors (Lipinski definition) is 6. The first-order valence-corrected chi connectivity index (χ1v) is 8.89. The lowest BCUT2D eigenvalue weighted by atomic mass is 10.0. The van der Waals surface area contributed by atoms with Gasteiger partial charge in [0.2, 0.25) is 0 Å². The second-order valence-electron chi connectivity index (χ2n) is 5.58. The first-order chi connectivity index (χ1) is 13.4. The van der Waals surface area contributed by atoms with Gasteiger partial charge in [0, 0.05) is 23.3 Å². The molecule has 0 unspecified atom stereocenters. The van der Waals surface area contributed by atoms with Crippen LogP contribution in [0.2, 0.25) is 0 Å². The Morgan fingerprint density at radius 3 is 2.32 bits per heavy atom. The number of carbonyl (C=O) groups is 2. The molecule has 0 aliphatic rings. The Hall–Kier alpha value is -2.88. The Kier molecular flexibility index (Phi) is 8.00. The van der Waals surface area contributed by atoms with Gasteiger partial charge in [-0.1, -0.05) is 28.1 Å². The van der Waals surface area contributed by atoms with Crippen LogP contribution in [-0.2, 0) is 14.3 Å². The molecule has 9 heteroatoms. The van der Waals surface area contributed by atoms with Crippen molar-refractivity contribution in [3.63, 3.8) is 0 Å². The molecule has 28 heavy (non-hydrogen) atoms. The van der Waals surface area contributed by atoms with Gasteiger partial charge in [0.25, 0.3) is 5.91 Å². The Morgan fingerprint density at radius 1 is 1.11 bits per heavy atom. The number of carbonyl (C=O) groups excluding carboxylic acids is 2. The lowest BCUT2D eigenvalue weighted by molar-refractivity contribution is -0.124. The number of hydrogen-bond donors (Lipinski definition) is 4. The highest BCUT2D eigenvalue weighted by Crippen LogP contribution is 2.27. The van der Waals surface area contributed by atoms with Crippen LogP contribution in [-0.4, -0.2) is 35.5 Å². The number of ether oxygens (including phenoxy) is 2. The summed E-state index contributed by atoms with van der Waals surface area (Å²) in [5, 5.41) is 20.7. The number of rotatable bonds is 7. The molecule has 0 aliphatic heterocycles. The fourth-order valence-electron chi connectivity index (χ4n) is 2.31. The fourth-order valence-corrected chi connectivity index (χ4v) is 2.57. The molecule has 2 rings (SSSR count). The minimum absolute atomic E-state index is 0.0472. The van der Waals surface area contributed by atoms with Gasteiger partial charge in [0.1, 0.15) is 11.9 Å². The van der Waals surface area contributed by atoms with E-state index < -0.39 is 24.2 Å².